The van der Waals surface area contributed by atoms with Crippen molar-refractivity contribution < 1.29 is 19.7 Å². The topological polar surface area (TPSA) is 114 Å². The van der Waals surface area contributed by atoms with Crippen molar-refractivity contribution in [3.63, 3.8) is 0 Å². The van der Waals surface area contributed by atoms with Gasteiger partial charge in [-0.15, -0.1) is 0 Å². The van der Waals surface area contributed by atoms with Gasteiger partial charge in [0.05, 0.1) is 12.7 Å². The van der Waals surface area contributed by atoms with Gasteiger partial charge in [-0.05, 0) is 19.1 Å². The molecule has 1 aromatic heterocycles. The SMILES string of the molecule is Cc1cn([C@H]2CC(O)[C@H](CO)O2)c(=O)nc1NC(=O)c1ccccc1. The van der Waals surface area contributed by atoms with Crippen molar-refractivity contribution in [1.82, 2.24) is 9.55 Å². The second kappa shape index (κ2) is 7.14. The third kappa shape index (κ3) is 3.60. The van der Waals surface area contributed by atoms with E-state index in [1.165, 1.54) is 10.8 Å². The summed E-state index contributed by atoms with van der Waals surface area (Å²) in [5.41, 5.74) is 0.431. The lowest BCUT2D eigenvalue weighted by Gasteiger charge is -2.16. The van der Waals surface area contributed by atoms with Crippen LogP contribution in [-0.2, 0) is 4.74 Å². The first-order chi connectivity index (χ1) is 12.0. The Labute approximate surface area is 143 Å². The normalized spacial score (nSPS) is 22.8. The van der Waals surface area contributed by atoms with Gasteiger partial charge in [0.1, 0.15) is 18.1 Å². The highest BCUT2D eigenvalue weighted by Crippen LogP contribution is 2.27. The summed E-state index contributed by atoms with van der Waals surface area (Å²) in [7, 11) is 0. The highest BCUT2D eigenvalue weighted by atomic mass is 16.5. The van der Waals surface area contributed by atoms with Crippen molar-refractivity contribution in [3.05, 3.63) is 58.1 Å². The van der Waals surface area contributed by atoms with Crippen LogP contribution in [0.15, 0.2) is 41.3 Å². The van der Waals surface area contributed by atoms with Gasteiger partial charge in [0.25, 0.3) is 5.91 Å². The van der Waals surface area contributed by atoms with Crippen LogP contribution in [0, 0.1) is 6.92 Å². The predicted octanol–water partition coefficient (Wildman–Crippen LogP) is 0.445. The minimum Gasteiger partial charge on any atom is -0.394 e. The number of anilines is 1. The third-order valence-corrected chi connectivity index (χ3v) is 4.10. The van der Waals surface area contributed by atoms with E-state index in [1.807, 2.05) is 0 Å². The summed E-state index contributed by atoms with van der Waals surface area (Å²) in [6.45, 7) is 1.38. The number of carbonyl (C=O) groups excluding carboxylic acids is 1. The van der Waals surface area contributed by atoms with E-state index in [1.54, 1.807) is 37.3 Å². The number of benzene rings is 1. The number of ether oxygens (including phenoxy) is 1. The van der Waals surface area contributed by atoms with Gasteiger partial charge >= 0.3 is 5.69 Å². The molecule has 2 aromatic rings. The van der Waals surface area contributed by atoms with Gasteiger partial charge in [-0.25, -0.2) is 4.79 Å². The van der Waals surface area contributed by atoms with Crippen LogP contribution in [0.4, 0.5) is 5.82 Å². The molecule has 0 saturated carbocycles. The van der Waals surface area contributed by atoms with Crippen molar-refractivity contribution in [2.75, 3.05) is 11.9 Å². The molecule has 132 valence electrons. The molecule has 1 aliphatic heterocycles. The molecule has 25 heavy (non-hydrogen) atoms. The number of hydrogen-bond donors (Lipinski definition) is 3. The Kier molecular flexibility index (Phi) is 4.93. The van der Waals surface area contributed by atoms with Crippen LogP contribution in [-0.4, -0.2) is 44.5 Å². The number of carbonyl (C=O) groups is 1. The standard InChI is InChI=1S/C17H19N3O5/c1-10-8-20(14-7-12(22)13(9-21)25-14)17(24)19-15(10)18-16(23)11-5-3-2-4-6-11/h2-6,8,12-14,21-22H,7,9H2,1H3,(H,18,19,23,24)/t12?,13-,14+/m0/s1. The molecule has 2 heterocycles. The highest BCUT2D eigenvalue weighted by Gasteiger charge is 2.35. The molecular weight excluding hydrogens is 326 g/mol. The lowest BCUT2D eigenvalue weighted by molar-refractivity contribution is -0.0459. The zero-order chi connectivity index (χ0) is 18.0. The van der Waals surface area contributed by atoms with Crippen LogP contribution in [0.5, 0.6) is 0 Å². The Morgan fingerprint density at radius 2 is 2.12 bits per heavy atom. The summed E-state index contributed by atoms with van der Waals surface area (Å²) >= 11 is 0. The van der Waals surface area contributed by atoms with Crippen LogP contribution < -0.4 is 11.0 Å². The van der Waals surface area contributed by atoms with Crippen LogP contribution in [0.2, 0.25) is 0 Å². The van der Waals surface area contributed by atoms with Gasteiger partial charge in [-0.2, -0.15) is 4.98 Å². The number of aromatic nitrogens is 2. The largest absolute Gasteiger partial charge is 0.394 e. The van der Waals surface area contributed by atoms with E-state index in [9.17, 15) is 14.7 Å². The number of aliphatic hydroxyl groups excluding tert-OH is 2. The second-order valence-corrected chi connectivity index (χ2v) is 5.90. The molecule has 8 nitrogen and oxygen atoms in total. The molecule has 8 heteroatoms. The van der Waals surface area contributed by atoms with Crippen molar-refractivity contribution in [3.8, 4) is 0 Å². The first kappa shape index (κ1) is 17.3. The monoisotopic (exact) mass is 345 g/mol. The van der Waals surface area contributed by atoms with E-state index in [0.29, 0.717) is 11.1 Å². The van der Waals surface area contributed by atoms with Crippen LogP contribution in [0.3, 0.4) is 0 Å². The first-order valence-electron chi connectivity index (χ1n) is 7.90. The summed E-state index contributed by atoms with van der Waals surface area (Å²) in [5.74, 6) is -0.186. The molecule has 0 aliphatic carbocycles. The molecule has 1 amide bonds. The minimum absolute atomic E-state index is 0.173. The highest BCUT2D eigenvalue weighted by molar-refractivity contribution is 6.03. The number of amides is 1. The summed E-state index contributed by atoms with van der Waals surface area (Å²) in [4.78, 5) is 28.4. The Balaban J connectivity index is 1.81. The number of nitrogens with zero attached hydrogens (tertiary/aromatic N) is 2. The summed E-state index contributed by atoms with van der Waals surface area (Å²) in [5, 5.41) is 21.6. The van der Waals surface area contributed by atoms with Crippen LogP contribution in [0.25, 0.3) is 0 Å². The average Bonchev–Trinajstić information content (AvgIpc) is 2.99. The molecule has 3 N–H and O–H groups in total. The smallest absolute Gasteiger partial charge is 0.351 e. The van der Waals surface area contributed by atoms with Gasteiger partial charge in [0.2, 0.25) is 0 Å². The van der Waals surface area contributed by atoms with E-state index in [2.05, 4.69) is 10.3 Å². The van der Waals surface area contributed by atoms with Crippen molar-refractivity contribution >= 4 is 11.7 Å². The molecule has 0 spiro atoms. The summed E-state index contributed by atoms with van der Waals surface area (Å²) in [6, 6.07) is 8.61. The molecule has 0 radical (unpaired) electrons. The van der Waals surface area contributed by atoms with Crippen molar-refractivity contribution in [1.29, 1.82) is 0 Å². The minimum atomic E-state index is -0.848. The van der Waals surface area contributed by atoms with Crippen molar-refractivity contribution in [2.24, 2.45) is 0 Å². The van der Waals surface area contributed by atoms with Gasteiger partial charge in [0.15, 0.2) is 0 Å². The fraction of sp³-hybridized carbons (Fsp3) is 0.353. The van der Waals surface area contributed by atoms with E-state index < -0.39 is 24.1 Å². The lowest BCUT2D eigenvalue weighted by Crippen LogP contribution is -2.29. The number of aliphatic hydroxyl groups is 2. The predicted molar refractivity (Wildman–Crippen MR) is 89.2 cm³/mol. The van der Waals surface area contributed by atoms with Gasteiger partial charge < -0.3 is 20.3 Å². The quantitative estimate of drug-likeness (QED) is 0.741. The zero-order valence-corrected chi connectivity index (χ0v) is 13.6. The molecule has 1 aliphatic rings. The van der Waals surface area contributed by atoms with Crippen LogP contribution in [0.1, 0.15) is 28.6 Å². The first-order valence-corrected chi connectivity index (χ1v) is 7.90. The molecule has 3 rings (SSSR count). The van der Waals surface area contributed by atoms with E-state index in [4.69, 9.17) is 9.84 Å². The van der Waals surface area contributed by atoms with E-state index in [-0.39, 0.29) is 24.8 Å². The maximum atomic E-state index is 12.3. The number of nitrogens with one attached hydrogen (secondary N) is 1. The summed E-state index contributed by atoms with van der Waals surface area (Å²) in [6.07, 6.45) is -0.575. The van der Waals surface area contributed by atoms with Gasteiger partial charge in [-0.1, -0.05) is 18.2 Å². The van der Waals surface area contributed by atoms with Gasteiger partial charge in [-0.3, -0.25) is 9.36 Å². The van der Waals surface area contributed by atoms with Crippen LogP contribution >= 0.6 is 0 Å². The van der Waals surface area contributed by atoms with Gasteiger partial charge in [0, 0.05) is 23.7 Å². The maximum Gasteiger partial charge on any atom is 0.351 e. The molecule has 1 aromatic carbocycles. The number of aryl methyl sites for hydroxylation is 1. The second-order valence-electron chi connectivity index (χ2n) is 5.90. The summed E-state index contributed by atoms with van der Waals surface area (Å²) < 4.78 is 6.73. The van der Waals surface area contributed by atoms with Crippen molar-refractivity contribution in [2.45, 2.75) is 31.8 Å². The Hall–Kier alpha value is -2.55. The Morgan fingerprint density at radius 1 is 1.40 bits per heavy atom. The molecule has 1 saturated heterocycles. The average molecular weight is 345 g/mol. The molecule has 3 atom stereocenters. The fourth-order valence-corrected chi connectivity index (χ4v) is 2.72. The lowest BCUT2D eigenvalue weighted by atomic mass is 10.2. The zero-order valence-electron chi connectivity index (χ0n) is 13.6. The molecular formula is C17H19N3O5. The fourth-order valence-electron chi connectivity index (χ4n) is 2.72. The Morgan fingerprint density at radius 3 is 2.76 bits per heavy atom. The Bertz CT molecular complexity index is 821. The molecule has 1 unspecified atom stereocenters. The maximum absolute atomic E-state index is 12.3. The molecule has 1 fully saturated rings. The number of hydrogen-bond acceptors (Lipinski definition) is 6. The third-order valence-electron chi connectivity index (χ3n) is 4.10. The number of rotatable bonds is 4. The molecule has 0 bridgehead atoms. The van der Waals surface area contributed by atoms with E-state index in [0.717, 1.165) is 0 Å². The van der Waals surface area contributed by atoms with E-state index >= 15 is 0 Å².